The lowest BCUT2D eigenvalue weighted by atomic mass is 9.91. The Bertz CT molecular complexity index is 575. The van der Waals surface area contributed by atoms with Crippen molar-refractivity contribution in [1.29, 1.82) is 0 Å². The van der Waals surface area contributed by atoms with Gasteiger partial charge in [0.15, 0.2) is 0 Å². The second kappa shape index (κ2) is 5.75. The molecule has 1 fully saturated rings. The Kier molecular flexibility index (Phi) is 3.83. The molecule has 106 valence electrons. The van der Waals surface area contributed by atoms with Crippen LogP contribution >= 0.6 is 0 Å². The number of piperidine rings is 1. The van der Waals surface area contributed by atoms with Crippen LogP contribution in [0.3, 0.4) is 0 Å². The van der Waals surface area contributed by atoms with Gasteiger partial charge in [-0.25, -0.2) is 0 Å². The topological polar surface area (TPSA) is 34.0 Å². The SMILES string of the molecule is CN1CCC[C@H](Cc2ccnc(-c3ccnn3C)c2)C1. The fourth-order valence-corrected chi connectivity index (χ4v) is 3.14. The summed E-state index contributed by atoms with van der Waals surface area (Å²) in [6, 6.07) is 6.38. The number of rotatable bonds is 3. The second-order valence-corrected chi connectivity index (χ2v) is 5.86. The van der Waals surface area contributed by atoms with Crippen LogP contribution in [-0.4, -0.2) is 39.8 Å². The lowest BCUT2D eigenvalue weighted by Crippen LogP contribution is -2.32. The molecule has 0 unspecified atom stereocenters. The molecule has 20 heavy (non-hydrogen) atoms. The molecule has 2 aromatic rings. The highest BCUT2D eigenvalue weighted by atomic mass is 15.3. The average Bonchev–Trinajstić information content (AvgIpc) is 2.85. The molecule has 3 rings (SSSR count). The average molecular weight is 270 g/mol. The van der Waals surface area contributed by atoms with Crippen molar-refractivity contribution in [3.63, 3.8) is 0 Å². The maximum Gasteiger partial charge on any atom is 0.0885 e. The fraction of sp³-hybridized carbons (Fsp3) is 0.500. The molecule has 0 spiro atoms. The minimum atomic E-state index is 0.774. The standard InChI is InChI=1S/C16H22N4/c1-19-9-3-4-14(12-19)10-13-5-7-17-15(11-13)16-6-8-18-20(16)2/h5-8,11,14H,3-4,9-10,12H2,1-2H3/t14-/m1/s1. The fourth-order valence-electron chi connectivity index (χ4n) is 3.14. The molecule has 0 bridgehead atoms. The molecule has 0 radical (unpaired) electrons. The molecule has 1 atom stereocenters. The summed E-state index contributed by atoms with van der Waals surface area (Å²) in [5.74, 6) is 0.774. The zero-order chi connectivity index (χ0) is 13.9. The summed E-state index contributed by atoms with van der Waals surface area (Å²) >= 11 is 0. The van der Waals surface area contributed by atoms with E-state index in [2.05, 4.69) is 34.2 Å². The summed E-state index contributed by atoms with van der Waals surface area (Å²) in [6.45, 7) is 2.45. The number of likely N-dealkylation sites (tertiary alicyclic amines) is 1. The molecule has 3 heterocycles. The van der Waals surface area contributed by atoms with Crippen LogP contribution in [0.5, 0.6) is 0 Å². The van der Waals surface area contributed by atoms with Crippen molar-refractivity contribution in [3.8, 4) is 11.4 Å². The molecule has 1 aliphatic rings. The van der Waals surface area contributed by atoms with Gasteiger partial charge in [0.05, 0.1) is 11.4 Å². The Morgan fingerprint density at radius 2 is 2.15 bits per heavy atom. The van der Waals surface area contributed by atoms with Crippen molar-refractivity contribution >= 4 is 0 Å². The third kappa shape index (κ3) is 2.90. The van der Waals surface area contributed by atoms with Crippen LogP contribution < -0.4 is 0 Å². The predicted octanol–water partition coefficient (Wildman–Crippen LogP) is 2.37. The summed E-state index contributed by atoms with van der Waals surface area (Å²) in [6.07, 6.45) is 7.55. The Hall–Kier alpha value is -1.68. The third-order valence-corrected chi connectivity index (χ3v) is 4.15. The van der Waals surface area contributed by atoms with Crippen molar-refractivity contribution in [2.24, 2.45) is 13.0 Å². The van der Waals surface area contributed by atoms with Gasteiger partial charge in [-0.3, -0.25) is 9.67 Å². The van der Waals surface area contributed by atoms with Gasteiger partial charge in [-0.2, -0.15) is 5.10 Å². The van der Waals surface area contributed by atoms with Gasteiger partial charge in [0.2, 0.25) is 0 Å². The molecule has 4 nitrogen and oxygen atoms in total. The molecule has 2 aromatic heterocycles. The van der Waals surface area contributed by atoms with E-state index in [-0.39, 0.29) is 0 Å². The van der Waals surface area contributed by atoms with Crippen LogP contribution in [0.15, 0.2) is 30.6 Å². The molecule has 1 saturated heterocycles. The second-order valence-electron chi connectivity index (χ2n) is 5.86. The molecule has 1 aliphatic heterocycles. The van der Waals surface area contributed by atoms with Gasteiger partial charge in [-0.15, -0.1) is 0 Å². The molecule has 4 heteroatoms. The Balaban J connectivity index is 1.76. The van der Waals surface area contributed by atoms with Crippen molar-refractivity contribution in [3.05, 3.63) is 36.2 Å². The van der Waals surface area contributed by atoms with Crippen LogP contribution in [0.25, 0.3) is 11.4 Å². The largest absolute Gasteiger partial charge is 0.306 e. The van der Waals surface area contributed by atoms with Crippen molar-refractivity contribution in [2.45, 2.75) is 19.3 Å². The van der Waals surface area contributed by atoms with Crippen LogP contribution in [0, 0.1) is 5.92 Å². The summed E-state index contributed by atoms with van der Waals surface area (Å²) in [5.41, 5.74) is 3.48. The first-order chi connectivity index (χ1) is 9.72. The first-order valence-corrected chi connectivity index (χ1v) is 7.34. The lowest BCUT2D eigenvalue weighted by molar-refractivity contribution is 0.209. The van der Waals surface area contributed by atoms with Crippen LogP contribution in [-0.2, 0) is 13.5 Å². The van der Waals surface area contributed by atoms with Gasteiger partial charge < -0.3 is 4.90 Å². The number of aromatic nitrogens is 3. The lowest BCUT2D eigenvalue weighted by Gasteiger charge is -2.29. The number of hydrogen-bond acceptors (Lipinski definition) is 3. The highest BCUT2D eigenvalue weighted by Crippen LogP contribution is 2.22. The third-order valence-electron chi connectivity index (χ3n) is 4.15. The van der Waals surface area contributed by atoms with E-state index in [1.807, 2.05) is 30.2 Å². The molecule has 0 aliphatic carbocycles. The maximum atomic E-state index is 4.48. The molecular weight excluding hydrogens is 248 g/mol. The van der Waals surface area contributed by atoms with E-state index in [9.17, 15) is 0 Å². The first kappa shape index (κ1) is 13.3. The smallest absolute Gasteiger partial charge is 0.0885 e. The normalized spacial score (nSPS) is 20.2. The highest BCUT2D eigenvalue weighted by Gasteiger charge is 2.17. The maximum absolute atomic E-state index is 4.48. The van der Waals surface area contributed by atoms with E-state index in [0.29, 0.717) is 0 Å². The monoisotopic (exact) mass is 270 g/mol. The minimum absolute atomic E-state index is 0.774. The van der Waals surface area contributed by atoms with E-state index < -0.39 is 0 Å². The quantitative estimate of drug-likeness (QED) is 0.858. The van der Waals surface area contributed by atoms with Gasteiger partial charge in [0.1, 0.15) is 0 Å². The zero-order valence-corrected chi connectivity index (χ0v) is 12.3. The molecule has 0 amide bonds. The number of nitrogens with zero attached hydrogens (tertiary/aromatic N) is 4. The van der Waals surface area contributed by atoms with Crippen molar-refractivity contribution in [2.75, 3.05) is 20.1 Å². The van der Waals surface area contributed by atoms with E-state index in [0.717, 1.165) is 23.7 Å². The van der Waals surface area contributed by atoms with Crippen LogP contribution in [0.4, 0.5) is 0 Å². The van der Waals surface area contributed by atoms with Gasteiger partial charge >= 0.3 is 0 Å². The Morgan fingerprint density at radius 3 is 2.90 bits per heavy atom. The van der Waals surface area contributed by atoms with Crippen LogP contribution in [0.1, 0.15) is 18.4 Å². The number of pyridine rings is 1. The van der Waals surface area contributed by atoms with E-state index in [4.69, 9.17) is 0 Å². The van der Waals surface area contributed by atoms with Crippen molar-refractivity contribution < 1.29 is 0 Å². The predicted molar refractivity (Wildman–Crippen MR) is 80.4 cm³/mol. The molecular formula is C16H22N4. The Labute approximate surface area is 120 Å². The van der Waals surface area contributed by atoms with Crippen molar-refractivity contribution in [1.82, 2.24) is 19.7 Å². The first-order valence-electron chi connectivity index (χ1n) is 7.34. The highest BCUT2D eigenvalue weighted by molar-refractivity contribution is 5.54. The summed E-state index contributed by atoms with van der Waals surface area (Å²) in [7, 11) is 4.18. The van der Waals surface area contributed by atoms with Gasteiger partial charge in [0, 0.05) is 26.0 Å². The Morgan fingerprint density at radius 1 is 1.25 bits per heavy atom. The van der Waals surface area contributed by atoms with E-state index in [1.54, 1.807) is 0 Å². The van der Waals surface area contributed by atoms with Gasteiger partial charge in [0.25, 0.3) is 0 Å². The summed E-state index contributed by atoms with van der Waals surface area (Å²) in [5, 5.41) is 4.22. The number of hydrogen-bond donors (Lipinski definition) is 0. The van der Waals surface area contributed by atoms with Gasteiger partial charge in [-0.1, -0.05) is 0 Å². The van der Waals surface area contributed by atoms with Gasteiger partial charge in [-0.05, 0) is 62.5 Å². The van der Waals surface area contributed by atoms with E-state index in [1.165, 1.54) is 31.5 Å². The molecule has 0 aromatic carbocycles. The minimum Gasteiger partial charge on any atom is -0.306 e. The molecule has 0 saturated carbocycles. The molecule has 0 N–H and O–H groups in total. The zero-order valence-electron chi connectivity index (χ0n) is 12.3. The summed E-state index contributed by atoms with van der Waals surface area (Å²) < 4.78 is 1.88. The van der Waals surface area contributed by atoms with E-state index >= 15 is 0 Å². The van der Waals surface area contributed by atoms with Crippen LogP contribution in [0.2, 0.25) is 0 Å². The summed E-state index contributed by atoms with van der Waals surface area (Å²) in [4.78, 5) is 6.92. The number of aryl methyl sites for hydroxylation is 1.